The summed E-state index contributed by atoms with van der Waals surface area (Å²) in [7, 11) is 0. The van der Waals surface area contributed by atoms with Crippen molar-refractivity contribution in [2.24, 2.45) is 17.8 Å². The van der Waals surface area contributed by atoms with Gasteiger partial charge in [0.15, 0.2) is 0 Å². The van der Waals surface area contributed by atoms with Gasteiger partial charge in [-0.05, 0) is 56.3 Å². The fourth-order valence-electron chi connectivity index (χ4n) is 4.60. The molecule has 0 aromatic rings. The zero-order chi connectivity index (χ0) is 14.9. The first-order valence-corrected chi connectivity index (χ1v) is 9.95. The van der Waals surface area contributed by atoms with Crippen LogP contribution in [0.3, 0.4) is 0 Å². The smallest absolute Gasteiger partial charge is 0.0577 e. The van der Waals surface area contributed by atoms with Gasteiger partial charge in [0.05, 0.1) is 6.10 Å². The zero-order valence-corrected chi connectivity index (χ0v) is 14.6. The van der Waals surface area contributed by atoms with Crippen LogP contribution in [0, 0.1) is 17.8 Å². The van der Waals surface area contributed by atoms with Crippen LogP contribution >= 0.6 is 0 Å². The summed E-state index contributed by atoms with van der Waals surface area (Å²) in [5.41, 5.74) is 0. The summed E-state index contributed by atoms with van der Waals surface area (Å²) in [5.74, 6) is 3.07. The van der Waals surface area contributed by atoms with Gasteiger partial charge in [0.1, 0.15) is 0 Å². The monoisotopic (exact) mass is 294 g/mol. The van der Waals surface area contributed by atoms with Gasteiger partial charge in [-0.15, -0.1) is 0 Å². The lowest BCUT2D eigenvalue weighted by atomic mass is 9.70. The first-order chi connectivity index (χ1) is 10.3. The number of rotatable bonds is 8. The molecule has 2 atom stereocenters. The number of ether oxygens (including phenoxy) is 1. The Morgan fingerprint density at radius 3 is 2.29 bits per heavy atom. The molecule has 2 aliphatic carbocycles. The van der Waals surface area contributed by atoms with Crippen molar-refractivity contribution >= 4 is 0 Å². The summed E-state index contributed by atoms with van der Waals surface area (Å²) in [6.07, 6.45) is 19.1. The summed E-state index contributed by atoms with van der Waals surface area (Å²) in [5, 5.41) is 0. The Bertz CT molecular complexity index is 255. The predicted molar refractivity (Wildman–Crippen MR) is 91.6 cm³/mol. The van der Waals surface area contributed by atoms with Gasteiger partial charge in [-0.3, -0.25) is 0 Å². The van der Waals surface area contributed by atoms with E-state index in [9.17, 15) is 0 Å². The Hall–Kier alpha value is -0.0400. The van der Waals surface area contributed by atoms with Crippen LogP contribution in [-0.4, -0.2) is 12.7 Å². The first kappa shape index (κ1) is 17.3. The highest BCUT2D eigenvalue weighted by molar-refractivity contribution is 4.83. The van der Waals surface area contributed by atoms with Crippen LogP contribution in [0.5, 0.6) is 0 Å². The van der Waals surface area contributed by atoms with Crippen LogP contribution in [0.4, 0.5) is 0 Å². The molecule has 0 N–H and O–H groups in total. The van der Waals surface area contributed by atoms with Crippen molar-refractivity contribution < 1.29 is 4.74 Å². The minimum atomic E-state index is 0.591. The van der Waals surface area contributed by atoms with Crippen molar-refractivity contribution in [3.8, 4) is 0 Å². The van der Waals surface area contributed by atoms with Gasteiger partial charge < -0.3 is 4.74 Å². The molecule has 0 spiro atoms. The third-order valence-corrected chi connectivity index (χ3v) is 6.04. The average molecular weight is 295 g/mol. The average Bonchev–Trinajstić information content (AvgIpc) is 2.54. The third-order valence-electron chi connectivity index (χ3n) is 6.04. The van der Waals surface area contributed by atoms with Crippen molar-refractivity contribution in [1.82, 2.24) is 0 Å². The van der Waals surface area contributed by atoms with Gasteiger partial charge in [0.25, 0.3) is 0 Å². The molecule has 124 valence electrons. The van der Waals surface area contributed by atoms with Crippen molar-refractivity contribution in [2.45, 2.75) is 103 Å². The lowest BCUT2D eigenvalue weighted by Crippen LogP contribution is -2.30. The number of hydrogen-bond donors (Lipinski definition) is 0. The highest BCUT2D eigenvalue weighted by Crippen LogP contribution is 2.41. The Kier molecular flexibility index (Phi) is 8.14. The van der Waals surface area contributed by atoms with Gasteiger partial charge in [-0.25, -0.2) is 0 Å². The largest absolute Gasteiger partial charge is 0.378 e. The third kappa shape index (κ3) is 5.93. The van der Waals surface area contributed by atoms with Crippen LogP contribution in [0.1, 0.15) is 97.3 Å². The summed E-state index contributed by atoms with van der Waals surface area (Å²) in [6.45, 7) is 5.58. The zero-order valence-electron chi connectivity index (χ0n) is 14.6. The molecule has 0 heterocycles. The maximum absolute atomic E-state index is 6.12. The van der Waals surface area contributed by atoms with E-state index in [1.54, 1.807) is 0 Å². The molecular formula is C20H38O. The Labute approximate surface area is 133 Å². The summed E-state index contributed by atoms with van der Waals surface area (Å²) in [4.78, 5) is 0. The van der Waals surface area contributed by atoms with E-state index in [-0.39, 0.29) is 0 Å². The molecule has 0 aliphatic heterocycles. The molecular weight excluding hydrogens is 256 g/mol. The number of unbranched alkanes of at least 4 members (excludes halogenated alkanes) is 2. The molecule has 0 amide bonds. The SMILES string of the molecule is CCCCOC1CCCC(C2CCC(CCCC)CC2)C1. The first-order valence-electron chi connectivity index (χ1n) is 9.95. The van der Waals surface area contributed by atoms with E-state index < -0.39 is 0 Å². The molecule has 0 saturated heterocycles. The van der Waals surface area contributed by atoms with E-state index in [2.05, 4.69) is 13.8 Å². The summed E-state index contributed by atoms with van der Waals surface area (Å²) < 4.78 is 6.12. The highest BCUT2D eigenvalue weighted by Gasteiger charge is 2.31. The maximum atomic E-state index is 6.12. The molecule has 1 nitrogen and oxygen atoms in total. The highest BCUT2D eigenvalue weighted by atomic mass is 16.5. The van der Waals surface area contributed by atoms with Crippen molar-refractivity contribution in [1.29, 1.82) is 0 Å². The minimum absolute atomic E-state index is 0.591. The van der Waals surface area contributed by atoms with Gasteiger partial charge in [-0.2, -0.15) is 0 Å². The van der Waals surface area contributed by atoms with Crippen LogP contribution in [-0.2, 0) is 4.74 Å². The van der Waals surface area contributed by atoms with Crippen molar-refractivity contribution in [3.05, 3.63) is 0 Å². The van der Waals surface area contributed by atoms with Crippen molar-refractivity contribution in [3.63, 3.8) is 0 Å². The molecule has 2 rings (SSSR count). The van der Waals surface area contributed by atoms with Crippen LogP contribution in [0.25, 0.3) is 0 Å². The molecule has 0 radical (unpaired) electrons. The molecule has 2 saturated carbocycles. The van der Waals surface area contributed by atoms with Crippen LogP contribution in [0.2, 0.25) is 0 Å². The predicted octanol–water partition coefficient (Wildman–Crippen LogP) is 6.36. The minimum Gasteiger partial charge on any atom is -0.378 e. The van der Waals surface area contributed by atoms with Crippen LogP contribution in [0.15, 0.2) is 0 Å². The van der Waals surface area contributed by atoms with Crippen molar-refractivity contribution in [2.75, 3.05) is 6.61 Å². The quantitative estimate of drug-likeness (QED) is 0.473. The molecule has 1 heteroatoms. The fraction of sp³-hybridized carbons (Fsp3) is 1.00. The standard InChI is InChI=1S/C20H38O/c1-3-5-8-17-11-13-18(14-12-17)19-9-7-10-20(16-19)21-15-6-4-2/h17-20H,3-16H2,1-2H3. The lowest BCUT2D eigenvalue weighted by molar-refractivity contribution is -0.00324. The molecule has 2 fully saturated rings. The maximum Gasteiger partial charge on any atom is 0.0577 e. The lowest BCUT2D eigenvalue weighted by Gasteiger charge is -2.38. The molecule has 2 unspecified atom stereocenters. The normalized spacial score (nSPS) is 34.0. The second-order valence-corrected chi connectivity index (χ2v) is 7.70. The molecule has 0 bridgehead atoms. The van der Waals surface area contributed by atoms with E-state index in [0.29, 0.717) is 6.10 Å². The van der Waals surface area contributed by atoms with Gasteiger partial charge in [0.2, 0.25) is 0 Å². The Morgan fingerprint density at radius 1 is 0.810 bits per heavy atom. The fourth-order valence-corrected chi connectivity index (χ4v) is 4.60. The topological polar surface area (TPSA) is 9.23 Å². The molecule has 0 aromatic heterocycles. The van der Waals surface area contributed by atoms with E-state index in [1.807, 2.05) is 0 Å². The second kappa shape index (κ2) is 9.87. The van der Waals surface area contributed by atoms with Gasteiger partial charge >= 0.3 is 0 Å². The van der Waals surface area contributed by atoms with E-state index in [1.165, 1.54) is 83.5 Å². The Balaban J connectivity index is 1.67. The van der Waals surface area contributed by atoms with Gasteiger partial charge in [-0.1, -0.05) is 58.8 Å². The molecule has 21 heavy (non-hydrogen) atoms. The Morgan fingerprint density at radius 2 is 1.57 bits per heavy atom. The van der Waals surface area contributed by atoms with Crippen LogP contribution < -0.4 is 0 Å². The molecule has 0 aromatic carbocycles. The van der Waals surface area contributed by atoms with E-state index in [4.69, 9.17) is 4.74 Å². The second-order valence-electron chi connectivity index (χ2n) is 7.70. The number of hydrogen-bond acceptors (Lipinski definition) is 1. The van der Waals surface area contributed by atoms with Gasteiger partial charge in [0, 0.05) is 6.61 Å². The summed E-state index contributed by atoms with van der Waals surface area (Å²) >= 11 is 0. The summed E-state index contributed by atoms with van der Waals surface area (Å²) in [6, 6.07) is 0. The van der Waals surface area contributed by atoms with E-state index >= 15 is 0 Å². The van der Waals surface area contributed by atoms with E-state index in [0.717, 1.165) is 24.4 Å². The molecule has 2 aliphatic rings.